The number of carbonyl (C=O) groups excluding carboxylic acids is 2. The van der Waals surface area contributed by atoms with Gasteiger partial charge in [-0.1, -0.05) is 11.6 Å². The van der Waals surface area contributed by atoms with Crippen LogP contribution in [0, 0.1) is 0 Å². The van der Waals surface area contributed by atoms with Crippen molar-refractivity contribution in [1.82, 2.24) is 0 Å². The Morgan fingerprint density at radius 3 is 2.08 bits per heavy atom. The molecule has 0 unspecified atom stereocenters. The molecule has 0 fully saturated rings. The molecule has 0 aliphatic heterocycles. The van der Waals surface area contributed by atoms with Crippen LogP contribution in [0.15, 0.2) is 23.0 Å². The van der Waals surface area contributed by atoms with Gasteiger partial charge in [0.05, 0.1) is 5.97 Å². The van der Waals surface area contributed by atoms with Gasteiger partial charge in [0.25, 0.3) is 0 Å². The summed E-state index contributed by atoms with van der Waals surface area (Å²) in [6.45, 7) is 0. The third-order valence-corrected chi connectivity index (χ3v) is 0.934. The normalized spacial score (nSPS) is 12.8. The van der Waals surface area contributed by atoms with E-state index in [9.17, 15) is 24.2 Å². The average Bonchev–Trinajstić information content (AvgIpc) is 1.84. The first-order valence-corrected chi connectivity index (χ1v) is 2.98. The van der Waals surface area contributed by atoms with E-state index in [1.807, 2.05) is 0 Å². The van der Waals surface area contributed by atoms with E-state index in [1.165, 1.54) is 0 Å². The molecule has 0 N–H and O–H groups in total. The summed E-state index contributed by atoms with van der Waals surface area (Å²) in [7, 11) is 0. The zero-order valence-corrected chi connectivity index (χ0v) is 6.30. The van der Waals surface area contributed by atoms with Crippen molar-refractivity contribution in [2.75, 3.05) is 0 Å². The molecule has 0 heterocycles. The second kappa shape index (κ2) is 4.50. The third-order valence-electron chi connectivity index (χ3n) is 0.715. The minimum Gasteiger partial charge on any atom is -0.545 e. The maximum atomic E-state index is 12.1. The van der Waals surface area contributed by atoms with E-state index in [0.717, 1.165) is 0 Å². The summed E-state index contributed by atoms with van der Waals surface area (Å²) in [5.41, 5.74) is 0. The minimum atomic E-state index is -2.07. The van der Waals surface area contributed by atoms with Gasteiger partial charge in [-0.25, -0.2) is 4.39 Å². The molecule has 0 aliphatic rings. The van der Waals surface area contributed by atoms with Gasteiger partial charge in [0.1, 0.15) is 11.8 Å². The number of allylic oxidation sites excluding steroid dienone is 2. The molecule has 0 aliphatic carbocycles. The number of halogens is 2. The molecule has 0 bridgehead atoms. The van der Waals surface area contributed by atoms with E-state index < -0.39 is 22.8 Å². The molecule has 0 rings (SSSR count). The summed E-state index contributed by atoms with van der Waals surface area (Å²) in [5, 5.41) is 18.9. The molecule has 6 heteroatoms. The Kier molecular flexibility index (Phi) is 3.99. The Balaban J connectivity index is 4.54. The lowest BCUT2D eigenvalue weighted by atomic mass is 10.4. The fourth-order valence-corrected chi connectivity index (χ4v) is 0.519. The summed E-state index contributed by atoms with van der Waals surface area (Å²) in [6, 6.07) is 0. The Labute approximate surface area is 71.6 Å². The highest BCUT2D eigenvalue weighted by atomic mass is 35.5. The van der Waals surface area contributed by atoms with Crippen LogP contribution in [0.1, 0.15) is 0 Å². The van der Waals surface area contributed by atoms with Crippen molar-refractivity contribution >= 4 is 23.5 Å². The number of hydrogen-bond acceptors (Lipinski definition) is 4. The topological polar surface area (TPSA) is 80.3 Å². The largest absolute Gasteiger partial charge is 0.545 e. The van der Waals surface area contributed by atoms with Crippen LogP contribution in [0.5, 0.6) is 0 Å². The molecule has 0 radical (unpaired) electrons. The van der Waals surface area contributed by atoms with E-state index >= 15 is 0 Å². The van der Waals surface area contributed by atoms with Crippen LogP contribution in [0.4, 0.5) is 4.39 Å². The quantitative estimate of drug-likeness (QED) is 0.401. The van der Waals surface area contributed by atoms with Gasteiger partial charge >= 0.3 is 0 Å². The molecule has 66 valence electrons. The van der Waals surface area contributed by atoms with Gasteiger partial charge in [-0.2, -0.15) is 0 Å². The van der Waals surface area contributed by atoms with Crippen molar-refractivity contribution in [3.05, 3.63) is 23.0 Å². The lowest BCUT2D eigenvalue weighted by Crippen LogP contribution is -2.22. The van der Waals surface area contributed by atoms with Crippen LogP contribution < -0.4 is 10.2 Å². The van der Waals surface area contributed by atoms with Gasteiger partial charge in [-0.05, 0) is 12.2 Å². The van der Waals surface area contributed by atoms with Crippen molar-refractivity contribution in [1.29, 1.82) is 0 Å². The van der Waals surface area contributed by atoms with Crippen LogP contribution in [0.3, 0.4) is 0 Å². The van der Waals surface area contributed by atoms with Gasteiger partial charge in [-0.15, -0.1) is 0 Å². The fraction of sp³-hybridized carbons (Fsp3) is 0. The highest BCUT2D eigenvalue weighted by molar-refractivity contribution is 6.32. The molecule has 0 saturated heterocycles. The van der Waals surface area contributed by atoms with E-state index in [-0.39, 0.29) is 0 Å². The van der Waals surface area contributed by atoms with Crippen molar-refractivity contribution in [3.63, 3.8) is 0 Å². The zero-order chi connectivity index (χ0) is 9.72. The first-order valence-electron chi connectivity index (χ1n) is 2.60. The average molecular weight is 193 g/mol. The van der Waals surface area contributed by atoms with Crippen molar-refractivity contribution < 1.29 is 24.2 Å². The van der Waals surface area contributed by atoms with E-state index in [1.54, 1.807) is 0 Å². The smallest absolute Gasteiger partial charge is 0.147 e. The summed E-state index contributed by atoms with van der Waals surface area (Å²) in [6.07, 6.45) is 0.636. The highest BCUT2D eigenvalue weighted by Gasteiger charge is 1.95. The molecule has 0 aromatic carbocycles. The number of hydrogen-bond donors (Lipinski definition) is 0. The standard InChI is InChI=1S/C6H4ClFO4/c7-3(2-5(9)10)1-4(8)6(11)12/h1-2H,(H,9,10)(H,11,12)/p-2/b3-2+,4-1+. The molecule has 0 amide bonds. The molecule has 0 aromatic heterocycles. The van der Waals surface area contributed by atoms with Gasteiger partial charge in [0.2, 0.25) is 0 Å². The number of aliphatic carboxylic acids is 2. The minimum absolute atomic E-state index is 0.298. The van der Waals surface area contributed by atoms with Crippen LogP contribution in [-0.4, -0.2) is 11.9 Å². The first kappa shape index (κ1) is 10.6. The Morgan fingerprint density at radius 2 is 1.75 bits per heavy atom. The van der Waals surface area contributed by atoms with Crippen molar-refractivity contribution in [3.8, 4) is 0 Å². The second-order valence-electron chi connectivity index (χ2n) is 1.63. The number of carbonyl (C=O) groups is 2. The summed E-state index contributed by atoms with van der Waals surface area (Å²) >= 11 is 5.05. The molecule has 4 nitrogen and oxygen atoms in total. The Bertz CT molecular complexity index is 269. The van der Waals surface area contributed by atoms with E-state index in [4.69, 9.17) is 11.6 Å². The Hall–Kier alpha value is -1.36. The molecular formula is C6H2ClFO4-2. The Morgan fingerprint density at radius 1 is 1.25 bits per heavy atom. The maximum absolute atomic E-state index is 12.1. The number of rotatable bonds is 3. The van der Waals surface area contributed by atoms with Crippen LogP contribution in [-0.2, 0) is 9.59 Å². The van der Waals surface area contributed by atoms with Crippen LogP contribution in [0.2, 0.25) is 0 Å². The maximum Gasteiger partial charge on any atom is 0.147 e. The number of carboxylic acids is 2. The molecular weight excluding hydrogens is 191 g/mol. The highest BCUT2D eigenvalue weighted by Crippen LogP contribution is 2.07. The molecule has 0 aromatic rings. The molecule has 0 atom stereocenters. The summed E-state index contributed by atoms with van der Waals surface area (Å²) in [5.74, 6) is -5.38. The summed E-state index contributed by atoms with van der Waals surface area (Å²) in [4.78, 5) is 19.5. The van der Waals surface area contributed by atoms with Gasteiger partial charge in [-0.3, -0.25) is 0 Å². The van der Waals surface area contributed by atoms with E-state index in [2.05, 4.69) is 0 Å². The van der Waals surface area contributed by atoms with Crippen LogP contribution in [0.25, 0.3) is 0 Å². The summed E-state index contributed by atoms with van der Waals surface area (Å²) < 4.78 is 12.1. The monoisotopic (exact) mass is 192 g/mol. The molecule has 0 spiro atoms. The number of carboxylic acid groups (broad SMARTS) is 2. The second-order valence-corrected chi connectivity index (χ2v) is 2.06. The van der Waals surface area contributed by atoms with Crippen LogP contribution >= 0.6 is 11.6 Å². The van der Waals surface area contributed by atoms with Crippen molar-refractivity contribution in [2.24, 2.45) is 0 Å². The van der Waals surface area contributed by atoms with Crippen molar-refractivity contribution in [2.45, 2.75) is 0 Å². The first-order chi connectivity index (χ1) is 5.43. The zero-order valence-electron chi connectivity index (χ0n) is 5.54. The van der Waals surface area contributed by atoms with E-state index in [0.29, 0.717) is 12.2 Å². The SMILES string of the molecule is O=C([O-])/C=C(Cl)\C=C(\F)C(=O)[O-]. The van der Waals surface area contributed by atoms with Gasteiger partial charge in [0.15, 0.2) is 0 Å². The molecule has 12 heavy (non-hydrogen) atoms. The van der Waals surface area contributed by atoms with Gasteiger partial charge in [0, 0.05) is 5.03 Å². The predicted molar refractivity (Wildman–Crippen MR) is 33.1 cm³/mol. The fourth-order valence-electron chi connectivity index (χ4n) is 0.334. The van der Waals surface area contributed by atoms with Gasteiger partial charge < -0.3 is 19.8 Å². The lowest BCUT2D eigenvalue weighted by Gasteiger charge is -1.97. The molecule has 0 saturated carbocycles. The third kappa shape index (κ3) is 4.45. The lowest BCUT2D eigenvalue weighted by molar-refractivity contribution is -0.301. The predicted octanol–water partition coefficient (Wildman–Crippen LogP) is -1.54.